The zero-order chi connectivity index (χ0) is 13.7. The van der Waals surface area contributed by atoms with Crippen molar-refractivity contribution in [3.05, 3.63) is 16.4 Å². The molecule has 0 aromatic carbocycles. The van der Waals surface area contributed by atoms with Gasteiger partial charge in [0.1, 0.15) is 5.15 Å². The quantitative estimate of drug-likeness (QED) is 0.822. The highest BCUT2D eigenvalue weighted by molar-refractivity contribution is 6.30. The molecule has 1 aromatic rings. The van der Waals surface area contributed by atoms with Crippen LogP contribution in [-0.4, -0.2) is 47.9 Å². The highest BCUT2D eigenvalue weighted by atomic mass is 35.5. The van der Waals surface area contributed by atoms with E-state index in [-0.39, 0.29) is 0 Å². The molecule has 4 nitrogen and oxygen atoms in total. The highest BCUT2D eigenvalue weighted by Crippen LogP contribution is 2.20. The van der Waals surface area contributed by atoms with E-state index in [0.29, 0.717) is 6.04 Å². The topological polar surface area (TPSA) is 33.1 Å². The van der Waals surface area contributed by atoms with Crippen molar-refractivity contribution < 1.29 is 0 Å². The Morgan fingerprint density at radius 2 is 2.11 bits per heavy atom. The number of aromatic nitrogens is 2. The molecule has 0 fully saturated rings. The summed E-state index contributed by atoms with van der Waals surface area (Å²) in [6.07, 6.45) is 2.07. The summed E-state index contributed by atoms with van der Waals surface area (Å²) in [5, 5.41) is 8.70. The van der Waals surface area contributed by atoms with Crippen molar-refractivity contribution in [1.29, 1.82) is 0 Å². The number of rotatable bonds is 7. The highest BCUT2D eigenvalue weighted by Gasteiger charge is 2.17. The van der Waals surface area contributed by atoms with Crippen LogP contribution in [0.5, 0.6) is 0 Å². The van der Waals surface area contributed by atoms with Gasteiger partial charge in [-0.2, -0.15) is 5.10 Å². The number of nitrogens with one attached hydrogen (secondary N) is 1. The van der Waals surface area contributed by atoms with Gasteiger partial charge in [-0.15, -0.1) is 0 Å². The van der Waals surface area contributed by atoms with Gasteiger partial charge >= 0.3 is 0 Å². The molecule has 0 saturated carbocycles. The predicted octanol–water partition coefficient (Wildman–Crippen LogP) is 1.85. The standard InChI is InChI=1S/C13H25ClN4/c1-6-7-15-11(9-17(3)4)8-12-10(2)16-18(5)13(12)14/h11,15H,6-9H2,1-5H3. The van der Waals surface area contributed by atoms with E-state index in [1.165, 1.54) is 0 Å². The minimum Gasteiger partial charge on any atom is -0.312 e. The summed E-state index contributed by atoms with van der Waals surface area (Å²) < 4.78 is 1.75. The minimum atomic E-state index is 0.417. The molecule has 0 saturated heterocycles. The SMILES string of the molecule is CCCNC(Cc1c(C)nn(C)c1Cl)CN(C)C. The molecule has 104 valence electrons. The van der Waals surface area contributed by atoms with Crippen LogP contribution in [-0.2, 0) is 13.5 Å². The Kier molecular flexibility index (Phi) is 6.12. The van der Waals surface area contributed by atoms with Crippen LogP contribution in [0.15, 0.2) is 0 Å². The number of nitrogens with zero attached hydrogens (tertiary/aromatic N) is 3. The molecule has 0 aliphatic rings. The summed E-state index contributed by atoms with van der Waals surface area (Å²) >= 11 is 6.29. The molecule has 1 aromatic heterocycles. The first-order chi connectivity index (χ1) is 8.45. The Morgan fingerprint density at radius 1 is 1.44 bits per heavy atom. The third-order valence-electron chi connectivity index (χ3n) is 2.99. The number of hydrogen-bond acceptors (Lipinski definition) is 3. The largest absolute Gasteiger partial charge is 0.312 e. The van der Waals surface area contributed by atoms with Crippen molar-refractivity contribution in [2.45, 2.75) is 32.7 Å². The van der Waals surface area contributed by atoms with Gasteiger partial charge in [-0.25, -0.2) is 0 Å². The van der Waals surface area contributed by atoms with Gasteiger partial charge in [0.15, 0.2) is 0 Å². The van der Waals surface area contributed by atoms with Crippen molar-refractivity contribution in [1.82, 2.24) is 20.0 Å². The van der Waals surface area contributed by atoms with E-state index in [9.17, 15) is 0 Å². The first-order valence-corrected chi connectivity index (χ1v) is 6.89. The van der Waals surface area contributed by atoms with Gasteiger partial charge in [-0.3, -0.25) is 4.68 Å². The van der Waals surface area contributed by atoms with Gasteiger partial charge in [0, 0.05) is 25.2 Å². The average Bonchev–Trinajstić information content (AvgIpc) is 2.52. The third-order valence-corrected chi connectivity index (χ3v) is 3.46. The van der Waals surface area contributed by atoms with Crippen LogP contribution in [0.3, 0.4) is 0 Å². The van der Waals surface area contributed by atoms with Gasteiger partial charge in [-0.1, -0.05) is 18.5 Å². The van der Waals surface area contributed by atoms with Crippen LogP contribution in [0, 0.1) is 6.92 Å². The molecule has 0 aliphatic heterocycles. The van der Waals surface area contributed by atoms with E-state index in [2.05, 4.69) is 36.3 Å². The van der Waals surface area contributed by atoms with Crippen molar-refractivity contribution in [3.63, 3.8) is 0 Å². The second-order valence-corrected chi connectivity index (χ2v) is 5.45. The van der Waals surface area contributed by atoms with Crippen molar-refractivity contribution >= 4 is 11.6 Å². The zero-order valence-corrected chi connectivity index (χ0v) is 12.9. The first-order valence-electron chi connectivity index (χ1n) is 6.51. The molecule has 1 heterocycles. The Labute approximate surface area is 115 Å². The second-order valence-electron chi connectivity index (χ2n) is 5.10. The maximum atomic E-state index is 6.29. The maximum absolute atomic E-state index is 6.29. The summed E-state index contributed by atoms with van der Waals surface area (Å²) in [6.45, 7) is 6.25. The lowest BCUT2D eigenvalue weighted by atomic mass is 10.1. The van der Waals surface area contributed by atoms with Crippen LogP contribution in [0.2, 0.25) is 5.15 Å². The van der Waals surface area contributed by atoms with Gasteiger partial charge in [0.2, 0.25) is 0 Å². The average molecular weight is 273 g/mol. The lowest BCUT2D eigenvalue weighted by Gasteiger charge is -2.22. The molecule has 0 amide bonds. The fourth-order valence-electron chi connectivity index (χ4n) is 2.14. The van der Waals surface area contributed by atoms with Gasteiger partial charge in [0.25, 0.3) is 0 Å². The van der Waals surface area contributed by atoms with E-state index in [0.717, 1.165) is 42.3 Å². The molecule has 0 aliphatic carbocycles. The number of hydrogen-bond donors (Lipinski definition) is 1. The second kappa shape index (κ2) is 7.12. The third kappa shape index (κ3) is 4.26. The van der Waals surface area contributed by atoms with E-state index in [1.54, 1.807) is 4.68 Å². The van der Waals surface area contributed by atoms with E-state index < -0.39 is 0 Å². The molecule has 1 unspecified atom stereocenters. The van der Waals surface area contributed by atoms with Gasteiger partial charge in [0.05, 0.1) is 5.69 Å². The Balaban J connectivity index is 2.74. The number of aryl methyl sites for hydroxylation is 2. The lowest BCUT2D eigenvalue weighted by molar-refractivity contribution is 0.336. The minimum absolute atomic E-state index is 0.417. The number of likely N-dealkylation sites (N-methyl/N-ethyl adjacent to an activating group) is 1. The van der Waals surface area contributed by atoms with Crippen LogP contribution in [0.25, 0.3) is 0 Å². The Morgan fingerprint density at radius 3 is 2.56 bits per heavy atom. The summed E-state index contributed by atoms with van der Waals surface area (Å²) in [7, 11) is 6.08. The normalized spacial score (nSPS) is 13.3. The molecule has 1 atom stereocenters. The maximum Gasteiger partial charge on any atom is 0.130 e. The summed E-state index contributed by atoms with van der Waals surface area (Å²) in [5.41, 5.74) is 2.19. The molecular formula is C13H25ClN4. The van der Waals surface area contributed by atoms with Crippen LogP contribution in [0.1, 0.15) is 24.6 Å². The molecule has 0 radical (unpaired) electrons. The van der Waals surface area contributed by atoms with Crippen LogP contribution >= 0.6 is 11.6 Å². The lowest BCUT2D eigenvalue weighted by Crippen LogP contribution is -2.40. The van der Waals surface area contributed by atoms with Crippen LogP contribution in [0.4, 0.5) is 0 Å². The molecule has 5 heteroatoms. The molecule has 0 bridgehead atoms. The molecule has 0 spiro atoms. The predicted molar refractivity (Wildman–Crippen MR) is 77.3 cm³/mol. The van der Waals surface area contributed by atoms with Gasteiger partial charge in [-0.05, 0) is 40.4 Å². The fraction of sp³-hybridized carbons (Fsp3) is 0.769. The molecular weight excluding hydrogens is 248 g/mol. The molecule has 1 rings (SSSR count). The fourth-order valence-corrected chi connectivity index (χ4v) is 2.39. The van der Waals surface area contributed by atoms with E-state index >= 15 is 0 Å². The first kappa shape index (κ1) is 15.5. The monoisotopic (exact) mass is 272 g/mol. The molecule has 1 N–H and O–H groups in total. The summed E-state index contributed by atoms with van der Waals surface area (Å²) in [5.74, 6) is 0. The summed E-state index contributed by atoms with van der Waals surface area (Å²) in [6, 6.07) is 0.417. The Hall–Kier alpha value is -0.580. The number of halogens is 1. The van der Waals surface area contributed by atoms with Gasteiger partial charge < -0.3 is 10.2 Å². The van der Waals surface area contributed by atoms with Crippen molar-refractivity contribution in [2.24, 2.45) is 7.05 Å². The molecule has 18 heavy (non-hydrogen) atoms. The van der Waals surface area contributed by atoms with Crippen molar-refractivity contribution in [2.75, 3.05) is 27.2 Å². The zero-order valence-electron chi connectivity index (χ0n) is 12.1. The Bertz CT molecular complexity index is 373. The van der Waals surface area contributed by atoms with E-state index in [1.807, 2.05) is 14.0 Å². The van der Waals surface area contributed by atoms with Crippen molar-refractivity contribution in [3.8, 4) is 0 Å². The van der Waals surface area contributed by atoms with E-state index in [4.69, 9.17) is 11.6 Å². The van der Waals surface area contributed by atoms with Crippen LogP contribution < -0.4 is 5.32 Å². The summed E-state index contributed by atoms with van der Waals surface area (Å²) in [4.78, 5) is 2.20. The smallest absolute Gasteiger partial charge is 0.130 e.